The second-order valence-corrected chi connectivity index (χ2v) is 9.45. The summed E-state index contributed by atoms with van der Waals surface area (Å²) >= 11 is 10.9. The Morgan fingerprint density at radius 2 is 1.10 bits per heavy atom. The normalized spacial score (nSPS) is 12.5. The predicted octanol–water partition coefficient (Wildman–Crippen LogP) is 1.99. The molecule has 0 aliphatic heterocycles. The molecule has 0 saturated heterocycles. The van der Waals surface area contributed by atoms with E-state index in [1.54, 1.807) is 24.3 Å². The number of sulfone groups is 2. The van der Waals surface area contributed by atoms with Crippen LogP contribution in [0.1, 0.15) is 11.1 Å². The zero-order valence-electron chi connectivity index (χ0n) is 10.8. The van der Waals surface area contributed by atoms with Crippen molar-refractivity contribution in [3.05, 3.63) is 35.4 Å². The molecule has 0 bridgehead atoms. The first kappa shape index (κ1) is 17.8. The maximum atomic E-state index is 11.8. The van der Waals surface area contributed by atoms with Gasteiger partial charge in [-0.05, 0) is 11.1 Å². The highest BCUT2D eigenvalue weighted by molar-refractivity contribution is 7.91. The van der Waals surface area contributed by atoms with Gasteiger partial charge in [-0.3, -0.25) is 0 Å². The first-order chi connectivity index (χ1) is 9.29. The van der Waals surface area contributed by atoms with Crippen LogP contribution >= 0.6 is 23.2 Å². The lowest BCUT2D eigenvalue weighted by Crippen LogP contribution is -2.15. The summed E-state index contributed by atoms with van der Waals surface area (Å²) < 4.78 is 47.2. The molecule has 0 heterocycles. The number of hydrogen-bond acceptors (Lipinski definition) is 4. The van der Waals surface area contributed by atoms with E-state index in [0.717, 1.165) is 0 Å². The fourth-order valence-electron chi connectivity index (χ4n) is 1.69. The molecule has 0 aliphatic rings. The summed E-state index contributed by atoms with van der Waals surface area (Å²) in [5.41, 5.74) is 0.992. The van der Waals surface area contributed by atoms with Crippen molar-refractivity contribution in [3.8, 4) is 0 Å². The van der Waals surface area contributed by atoms with E-state index < -0.39 is 19.7 Å². The molecule has 114 valence electrons. The Balaban J connectivity index is 3.00. The standard InChI is InChI=1S/C12H16Cl2O4S2/c13-5-7-19(15,16)9-11-3-1-2-4-12(11)10-20(17,18)8-6-14/h1-4H,5-10H2. The van der Waals surface area contributed by atoms with Gasteiger partial charge in [-0.1, -0.05) is 24.3 Å². The highest BCUT2D eigenvalue weighted by Crippen LogP contribution is 2.16. The summed E-state index contributed by atoms with van der Waals surface area (Å²) in [4.78, 5) is 0. The first-order valence-electron chi connectivity index (χ1n) is 5.89. The third kappa shape index (κ3) is 5.99. The summed E-state index contributed by atoms with van der Waals surface area (Å²) in [7, 11) is -6.66. The highest BCUT2D eigenvalue weighted by atomic mass is 35.5. The largest absolute Gasteiger partial charge is 0.228 e. The minimum absolute atomic E-state index is 0.0229. The number of benzene rings is 1. The van der Waals surface area contributed by atoms with E-state index in [0.29, 0.717) is 11.1 Å². The second kappa shape index (κ2) is 7.64. The van der Waals surface area contributed by atoms with Gasteiger partial charge in [-0.15, -0.1) is 23.2 Å². The fraction of sp³-hybridized carbons (Fsp3) is 0.500. The Morgan fingerprint density at radius 3 is 1.40 bits per heavy atom. The van der Waals surface area contributed by atoms with Crippen molar-refractivity contribution < 1.29 is 16.8 Å². The zero-order chi connectivity index (χ0) is 15.2. The number of halogens is 2. The average Bonchev–Trinajstić information content (AvgIpc) is 2.30. The van der Waals surface area contributed by atoms with Gasteiger partial charge in [0.1, 0.15) is 0 Å². The van der Waals surface area contributed by atoms with Gasteiger partial charge in [0, 0.05) is 11.8 Å². The Morgan fingerprint density at radius 1 is 0.750 bits per heavy atom. The monoisotopic (exact) mass is 358 g/mol. The molecule has 1 rings (SSSR count). The van der Waals surface area contributed by atoms with E-state index in [2.05, 4.69) is 0 Å². The summed E-state index contributed by atoms with van der Waals surface area (Å²) in [6, 6.07) is 6.61. The Hall–Kier alpha value is -0.300. The molecule has 0 amide bonds. The number of rotatable bonds is 8. The SMILES string of the molecule is O=S(=O)(CCCl)Cc1ccccc1CS(=O)(=O)CCCl. The average molecular weight is 359 g/mol. The molecule has 0 fully saturated rings. The topological polar surface area (TPSA) is 68.3 Å². The van der Waals surface area contributed by atoms with E-state index >= 15 is 0 Å². The van der Waals surface area contributed by atoms with Gasteiger partial charge in [0.2, 0.25) is 0 Å². The molecule has 1 aromatic carbocycles. The van der Waals surface area contributed by atoms with E-state index in [4.69, 9.17) is 23.2 Å². The van der Waals surface area contributed by atoms with Crippen LogP contribution in [0.3, 0.4) is 0 Å². The summed E-state index contributed by atoms with van der Waals surface area (Å²) in [5, 5.41) is 0. The van der Waals surface area contributed by atoms with E-state index in [1.807, 2.05) is 0 Å². The van der Waals surface area contributed by atoms with Gasteiger partial charge >= 0.3 is 0 Å². The summed E-state index contributed by atoms with van der Waals surface area (Å²) in [5.74, 6) is -0.614. The van der Waals surface area contributed by atoms with E-state index in [-0.39, 0.29) is 34.8 Å². The van der Waals surface area contributed by atoms with Crippen molar-refractivity contribution in [3.63, 3.8) is 0 Å². The van der Waals surface area contributed by atoms with Crippen LogP contribution in [0.5, 0.6) is 0 Å². The van der Waals surface area contributed by atoms with Crippen molar-refractivity contribution in [1.29, 1.82) is 0 Å². The molecule has 20 heavy (non-hydrogen) atoms. The van der Waals surface area contributed by atoms with Crippen molar-refractivity contribution in [2.45, 2.75) is 11.5 Å². The van der Waals surface area contributed by atoms with Crippen LogP contribution < -0.4 is 0 Å². The second-order valence-electron chi connectivity index (χ2n) is 4.33. The molecule has 0 atom stereocenters. The molecule has 4 nitrogen and oxygen atoms in total. The Kier molecular flexibility index (Phi) is 6.78. The molecule has 8 heteroatoms. The summed E-state index contributed by atoms with van der Waals surface area (Å²) in [6.45, 7) is 0. The third-order valence-corrected chi connectivity index (χ3v) is 6.63. The molecule has 0 spiro atoms. The van der Waals surface area contributed by atoms with Crippen molar-refractivity contribution in [2.75, 3.05) is 23.3 Å². The number of hydrogen-bond donors (Lipinski definition) is 0. The van der Waals surface area contributed by atoms with Gasteiger partial charge in [-0.25, -0.2) is 16.8 Å². The first-order valence-corrected chi connectivity index (χ1v) is 10.6. The van der Waals surface area contributed by atoms with Crippen LogP contribution in [-0.2, 0) is 31.2 Å². The molecule has 0 aliphatic carbocycles. The lowest BCUT2D eigenvalue weighted by molar-refractivity contribution is 0.593. The maximum Gasteiger partial charge on any atom is 0.155 e. The van der Waals surface area contributed by atoms with Crippen LogP contribution in [0.4, 0.5) is 0 Å². The number of alkyl halides is 2. The lowest BCUT2D eigenvalue weighted by atomic mass is 10.1. The minimum Gasteiger partial charge on any atom is -0.228 e. The van der Waals surface area contributed by atoms with Crippen LogP contribution in [0.15, 0.2) is 24.3 Å². The molecule has 0 unspecified atom stereocenters. The van der Waals surface area contributed by atoms with Gasteiger partial charge in [-0.2, -0.15) is 0 Å². The smallest absolute Gasteiger partial charge is 0.155 e. The molecular weight excluding hydrogens is 343 g/mol. The quantitative estimate of drug-likeness (QED) is 0.666. The van der Waals surface area contributed by atoms with E-state index in [1.165, 1.54) is 0 Å². The molecular formula is C12H16Cl2O4S2. The van der Waals surface area contributed by atoms with Crippen molar-refractivity contribution in [2.24, 2.45) is 0 Å². The van der Waals surface area contributed by atoms with Crippen molar-refractivity contribution in [1.82, 2.24) is 0 Å². The van der Waals surface area contributed by atoms with E-state index in [9.17, 15) is 16.8 Å². The lowest BCUT2D eigenvalue weighted by Gasteiger charge is -2.10. The van der Waals surface area contributed by atoms with Gasteiger partial charge < -0.3 is 0 Å². The van der Waals surface area contributed by atoms with Gasteiger partial charge in [0.15, 0.2) is 19.7 Å². The van der Waals surface area contributed by atoms with Gasteiger partial charge in [0.25, 0.3) is 0 Å². The molecule has 0 radical (unpaired) electrons. The Labute approximate surface area is 129 Å². The fourth-order valence-corrected chi connectivity index (χ4v) is 5.37. The molecule has 1 aromatic rings. The van der Waals surface area contributed by atoms with Crippen LogP contribution in [0.25, 0.3) is 0 Å². The Bertz CT molecular complexity index is 582. The highest BCUT2D eigenvalue weighted by Gasteiger charge is 2.17. The molecule has 0 aromatic heterocycles. The maximum absolute atomic E-state index is 11.8. The van der Waals surface area contributed by atoms with Crippen LogP contribution in [0.2, 0.25) is 0 Å². The van der Waals surface area contributed by atoms with Crippen LogP contribution in [0, 0.1) is 0 Å². The summed E-state index contributed by atoms with van der Waals surface area (Å²) in [6.07, 6.45) is 0. The molecule has 0 N–H and O–H groups in total. The minimum atomic E-state index is -3.33. The molecule has 0 saturated carbocycles. The predicted molar refractivity (Wildman–Crippen MR) is 82.9 cm³/mol. The van der Waals surface area contributed by atoms with Crippen LogP contribution in [-0.4, -0.2) is 40.1 Å². The van der Waals surface area contributed by atoms with Gasteiger partial charge in [0.05, 0.1) is 23.0 Å². The third-order valence-electron chi connectivity index (χ3n) is 2.65. The zero-order valence-corrected chi connectivity index (χ0v) is 13.9. The van der Waals surface area contributed by atoms with Crippen molar-refractivity contribution >= 4 is 42.9 Å².